The van der Waals surface area contributed by atoms with Gasteiger partial charge in [-0.25, -0.2) is 14.6 Å². The minimum atomic E-state index is 0.0740. The van der Waals surface area contributed by atoms with Gasteiger partial charge in [0, 0.05) is 16.4 Å². The zero-order valence-corrected chi connectivity index (χ0v) is 15.7. The first-order valence-corrected chi connectivity index (χ1v) is 9.01. The summed E-state index contributed by atoms with van der Waals surface area (Å²) in [5, 5.41) is 15.0. The fraction of sp³-hybridized carbons (Fsp3) is 0.267. The molecule has 8 heteroatoms. The largest absolute Gasteiger partial charge is 0.507 e. The number of benzene rings is 1. The number of nitrogens with zero attached hydrogens (tertiary/aromatic N) is 4. The van der Waals surface area contributed by atoms with Gasteiger partial charge in [-0.2, -0.15) is 5.10 Å². The zero-order valence-electron chi connectivity index (χ0n) is 12.5. The highest BCUT2D eigenvalue weighted by molar-refractivity contribution is 9.11. The van der Waals surface area contributed by atoms with E-state index in [1.54, 1.807) is 23.5 Å². The molecule has 0 aliphatic rings. The van der Waals surface area contributed by atoms with Gasteiger partial charge in [0.15, 0.2) is 9.74 Å². The summed E-state index contributed by atoms with van der Waals surface area (Å²) < 4.78 is 2.69. The molecule has 0 amide bonds. The first-order chi connectivity index (χ1) is 11.0. The summed E-state index contributed by atoms with van der Waals surface area (Å²) in [5.41, 5.74) is 1.55. The molecule has 0 saturated heterocycles. The Morgan fingerprint density at radius 2 is 2.13 bits per heavy atom. The van der Waals surface area contributed by atoms with Crippen LogP contribution in [0.25, 0.3) is 11.4 Å². The summed E-state index contributed by atoms with van der Waals surface area (Å²) in [6.07, 6.45) is 0.600. The Hall–Kier alpha value is -1.44. The van der Waals surface area contributed by atoms with Crippen molar-refractivity contribution in [2.75, 3.05) is 0 Å². The van der Waals surface area contributed by atoms with Gasteiger partial charge in [0.25, 0.3) is 0 Å². The second kappa shape index (κ2) is 6.59. The summed E-state index contributed by atoms with van der Waals surface area (Å²) >= 11 is 10.9. The van der Waals surface area contributed by atoms with E-state index < -0.39 is 0 Å². The van der Waals surface area contributed by atoms with Gasteiger partial charge in [-0.1, -0.05) is 11.6 Å². The number of thiazole rings is 1. The molecular weight excluding hydrogens is 400 g/mol. The summed E-state index contributed by atoms with van der Waals surface area (Å²) in [6, 6.07) is 4.93. The van der Waals surface area contributed by atoms with Crippen molar-refractivity contribution < 1.29 is 5.11 Å². The molecule has 0 aliphatic heterocycles. The van der Waals surface area contributed by atoms with E-state index >= 15 is 0 Å². The highest BCUT2D eigenvalue weighted by Crippen LogP contribution is 2.30. The second-order valence-corrected chi connectivity index (χ2v) is 7.89. The molecule has 0 fully saturated rings. The van der Waals surface area contributed by atoms with Crippen LogP contribution in [-0.2, 0) is 13.0 Å². The molecule has 2 aromatic heterocycles. The average Bonchev–Trinajstić information content (AvgIpc) is 3.02. The van der Waals surface area contributed by atoms with Crippen LogP contribution in [0.5, 0.6) is 5.75 Å². The van der Waals surface area contributed by atoms with Crippen LogP contribution in [0.4, 0.5) is 0 Å². The van der Waals surface area contributed by atoms with Crippen LogP contribution in [0.15, 0.2) is 22.1 Å². The van der Waals surface area contributed by atoms with Crippen LogP contribution in [0.2, 0.25) is 5.02 Å². The van der Waals surface area contributed by atoms with Crippen molar-refractivity contribution >= 4 is 38.9 Å². The molecule has 23 heavy (non-hydrogen) atoms. The third-order valence-electron chi connectivity index (χ3n) is 3.44. The van der Waals surface area contributed by atoms with Crippen molar-refractivity contribution in [1.82, 2.24) is 19.7 Å². The van der Waals surface area contributed by atoms with Gasteiger partial charge in [0.05, 0.1) is 17.7 Å². The van der Waals surface area contributed by atoms with Gasteiger partial charge in [-0.15, -0.1) is 11.3 Å². The van der Waals surface area contributed by atoms with Crippen molar-refractivity contribution in [2.45, 2.75) is 26.8 Å². The zero-order chi connectivity index (χ0) is 16.6. The van der Waals surface area contributed by atoms with Gasteiger partial charge in [0.2, 0.25) is 0 Å². The minimum Gasteiger partial charge on any atom is -0.507 e. The Morgan fingerprint density at radius 3 is 2.74 bits per heavy atom. The summed E-state index contributed by atoms with van der Waals surface area (Å²) in [6.45, 7) is 4.74. The van der Waals surface area contributed by atoms with Gasteiger partial charge in [0.1, 0.15) is 11.6 Å². The average molecular weight is 414 g/mol. The van der Waals surface area contributed by atoms with E-state index in [0.717, 1.165) is 20.3 Å². The monoisotopic (exact) mass is 412 g/mol. The second-order valence-electron chi connectivity index (χ2n) is 4.98. The van der Waals surface area contributed by atoms with E-state index in [2.05, 4.69) is 31.0 Å². The maximum Gasteiger partial charge on any atom is 0.185 e. The first-order valence-electron chi connectivity index (χ1n) is 7.02. The minimum absolute atomic E-state index is 0.0740. The number of rotatable bonds is 4. The summed E-state index contributed by atoms with van der Waals surface area (Å²) in [4.78, 5) is 10.2. The van der Waals surface area contributed by atoms with E-state index in [-0.39, 0.29) is 5.75 Å². The molecule has 0 saturated carbocycles. The molecule has 0 spiro atoms. The number of hydrogen-bond acceptors (Lipinski definition) is 5. The fourth-order valence-corrected chi connectivity index (χ4v) is 4.03. The molecule has 1 aromatic carbocycles. The summed E-state index contributed by atoms with van der Waals surface area (Å²) in [5.74, 6) is 1.38. The molecule has 0 radical (unpaired) electrons. The van der Waals surface area contributed by atoms with E-state index in [0.29, 0.717) is 29.4 Å². The predicted molar refractivity (Wildman–Crippen MR) is 95.2 cm³/mol. The SMILES string of the molecule is CCn1nc(-c2ccc(Cl)cc2O)nc1Cc1nc(Br)sc1C. The molecule has 2 heterocycles. The normalized spacial score (nSPS) is 11.1. The lowest BCUT2D eigenvalue weighted by Gasteiger charge is -2.00. The Balaban J connectivity index is 1.99. The van der Waals surface area contributed by atoms with Gasteiger partial charge in [-0.05, 0) is 48.0 Å². The van der Waals surface area contributed by atoms with Crippen molar-refractivity contribution in [3.05, 3.63) is 43.5 Å². The lowest BCUT2D eigenvalue weighted by molar-refractivity contribution is 0.477. The highest BCUT2D eigenvalue weighted by Gasteiger charge is 2.16. The highest BCUT2D eigenvalue weighted by atomic mass is 79.9. The van der Waals surface area contributed by atoms with Crippen LogP contribution >= 0.6 is 38.9 Å². The number of halogens is 2. The molecule has 0 unspecified atom stereocenters. The number of hydrogen-bond donors (Lipinski definition) is 1. The van der Waals surface area contributed by atoms with E-state index in [1.807, 2.05) is 18.5 Å². The molecule has 0 bridgehead atoms. The standard InChI is InChI=1S/C15H14BrClN4OS/c1-3-21-13(7-11-8(2)23-15(16)18-11)19-14(20-21)10-5-4-9(17)6-12(10)22/h4-6,22H,3,7H2,1-2H3. The third kappa shape index (κ3) is 3.41. The number of aromatic nitrogens is 4. The van der Waals surface area contributed by atoms with Crippen LogP contribution in [0.1, 0.15) is 23.3 Å². The predicted octanol–water partition coefficient (Wildman–Crippen LogP) is 4.44. The van der Waals surface area contributed by atoms with E-state index in [4.69, 9.17) is 11.6 Å². The molecular formula is C15H14BrClN4OS. The molecule has 3 aromatic rings. The number of phenolic OH excluding ortho intramolecular Hbond substituents is 1. The van der Waals surface area contributed by atoms with E-state index in [9.17, 15) is 5.11 Å². The molecule has 1 N–H and O–H groups in total. The molecule has 0 aliphatic carbocycles. The fourth-order valence-electron chi connectivity index (χ4n) is 2.27. The number of aryl methyl sites for hydroxylation is 2. The Bertz CT molecular complexity index is 861. The Morgan fingerprint density at radius 1 is 1.35 bits per heavy atom. The smallest absolute Gasteiger partial charge is 0.185 e. The molecule has 120 valence electrons. The van der Waals surface area contributed by atoms with Gasteiger partial charge < -0.3 is 5.11 Å². The summed E-state index contributed by atoms with van der Waals surface area (Å²) in [7, 11) is 0. The Labute approximate surface area is 151 Å². The maximum atomic E-state index is 10.1. The number of phenols is 1. The quantitative estimate of drug-likeness (QED) is 0.686. The Kier molecular flexibility index (Phi) is 4.70. The third-order valence-corrected chi connectivity index (χ3v) is 5.14. The van der Waals surface area contributed by atoms with Crippen molar-refractivity contribution in [3.63, 3.8) is 0 Å². The van der Waals surface area contributed by atoms with Crippen LogP contribution in [-0.4, -0.2) is 24.9 Å². The lowest BCUT2D eigenvalue weighted by atomic mass is 10.2. The van der Waals surface area contributed by atoms with Crippen LogP contribution in [0.3, 0.4) is 0 Å². The van der Waals surface area contributed by atoms with E-state index in [1.165, 1.54) is 6.07 Å². The van der Waals surface area contributed by atoms with Crippen LogP contribution < -0.4 is 0 Å². The van der Waals surface area contributed by atoms with Crippen molar-refractivity contribution in [3.8, 4) is 17.1 Å². The molecule has 5 nitrogen and oxygen atoms in total. The van der Waals surface area contributed by atoms with Gasteiger partial charge >= 0.3 is 0 Å². The first kappa shape index (κ1) is 16.4. The molecule has 3 rings (SSSR count). The molecule has 0 atom stereocenters. The van der Waals surface area contributed by atoms with Crippen molar-refractivity contribution in [2.24, 2.45) is 0 Å². The maximum absolute atomic E-state index is 10.1. The topological polar surface area (TPSA) is 63.8 Å². The van der Waals surface area contributed by atoms with Crippen LogP contribution in [0, 0.1) is 6.92 Å². The number of aromatic hydroxyl groups is 1. The lowest BCUT2D eigenvalue weighted by Crippen LogP contribution is -2.05. The van der Waals surface area contributed by atoms with Crippen molar-refractivity contribution in [1.29, 1.82) is 0 Å². The van der Waals surface area contributed by atoms with Gasteiger partial charge in [-0.3, -0.25) is 0 Å².